The first-order valence-corrected chi connectivity index (χ1v) is 14.9. The van der Waals surface area contributed by atoms with E-state index >= 15 is 0 Å². The summed E-state index contributed by atoms with van der Waals surface area (Å²) in [7, 11) is 0. The number of ether oxygens (including phenoxy) is 1. The fourth-order valence-electron chi connectivity index (χ4n) is 10.8. The van der Waals surface area contributed by atoms with Gasteiger partial charge in [0.1, 0.15) is 6.61 Å². The van der Waals surface area contributed by atoms with Gasteiger partial charge in [-0.05, 0) is 79.1 Å². The minimum absolute atomic E-state index is 0.0472. The summed E-state index contributed by atoms with van der Waals surface area (Å²) in [5, 5.41) is 0. The maximum absolute atomic E-state index is 14.6. The molecule has 1 heterocycles. The van der Waals surface area contributed by atoms with Crippen LogP contribution in [0.1, 0.15) is 93.4 Å². The molecule has 1 amide bonds. The summed E-state index contributed by atoms with van der Waals surface area (Å²) >= 11 is 0. The van der Waals surface area contributed by atoms with E-state index in [9.17, 15) is 14.4 Å². The highest BCUT2D eigenvalue weighted by Crippen LogP contribution is 2.74. The maximum atomic E-state index is 14.6. The molecule has 3 saturated carbocycles. The first-order valence-electron chi connectivity index (χ1n) is 14.9. The number of rotatable bonds is 1. The monoisotopic (exact) mass is 532 g/mol. The molecule has 6 nitrogen and oxygen atoms in total. The smallest absolute Gasteiger partial charge is 0.410 e. The molecular weight excluding hydrogens is 488 g/mol. The van der Waals surface area contributed by atoms with E-state index in [0.29, 0.717) is 13.2 Å². The van der Waals surface area contributed by atoms with E-state index < -0.39 is 10.8 Å². The van der Waals surface area contributed by atoms with E-state index in [0.717, 1.165) is 50.5 Å². The van der Waals surface area contributed by atoms with Crippen LogP contribution < -0.4 is 0 Å². The fourth-order valence-corrected chi connectivity index (χ4v) is 10.8. The molecule has 5 aliphatic carbocycles. The normalized spacial score (nSPS) is 46.1. The zero-order chi connectivity index (χ0) is 28.4. The predicted octanol–water partition coefficient (Wildman–Crippen LogP) is 6.76. The molecule has 1 saturated heterocycles. The summed E-state index contributed by atoms with van der Waals surface area (Å²) in [5.74, 6) is 0.0667. The molecule has 4 fully saturated rings. The van der Waals surface area contributed by atoms with Crippen LogP contribution in [-0.4, -0.2) is 41.3 Å². The van der Waals surface area contributed by atoms with E-state index in [4.69, 9.17) is 11.3 Å². The Hall–Kier alpha value is -2.42. The molecule has 6 heteroatoms. The zero-order valence-electron chi connectivity index (χ0n) is 24.8. The second-order valence-electron chi connectivity index (χ2n) is 15.6. The van der Waals surface area contributed by atoms with Gasteiger partial charge in [-0.25, -0.2) is 9.64 Å². The fraction of sp³-hybridized carbons (Fsp3) is 0.758. The summed E-state index contributed by atoms with van der Waals surface area (Å²) in [6.45, 7) is 24.3. The zero-order valence-corrected chi connectivity index (χ0v) is 24.8. The van der Waals surface area contributed by atoms with Gasteiger partial charge >= 0.3 is 6.09 Å². The first-order chi connectivity index (χ1) is 18.1. The number of nitrogens with zero attached hydrogens (tertiary/aromatic N) is 2. The third kappa shape index (κ3) is 3.17. The number of allylic oxidation sites excluding steroid dienone is 4. The van der Waals surface area contributed by atoms with Gasteiger partial charge in [0, 0.05) is 22.3 Å². The van der Waals surface area contributed by atoms with E-state index in [-0.39, 0.29) is 62.9 Å². The number of carbonyl (C=O) groups excluding carboxylic acids is 3. The number of cyclic esters (lactones) is 1. The van der Waals surface area contributed by atoms with Crippen molar-refractivity contribution in [3.05, 3.63) is 34.8 Å². The van der Waals surface area contributed by atoms with Gasteiger partial charge in [0.2, 0.25) is 5.70 Å². The minimum atomic E-state index is -0.655. The molecule has 0 aromatic heterocycles. The lowest BCUT2D eigenvalue weighted by atomic mass is 9.35. The average Bonchev–Trinajstić information content (AvgIpc) is 3.29. The van der Waals surface area contributed by atoms with E-state index in [1.165, 1.54) is 0 Å². The predicted molar refractivity (Wildman–Crippen MR) is 148 cm³/mol. The van der Waals surface area contributed by atoms with Crippen molar-refractivity contribution in [2.75, 3.05) is 13.2 Å². The Labute approximate surface area is 233 Å². The maximum Gasteiger partial charge on any atom is 0.410 e. The molecule has 6 aliphatic rings. The summed E-state index contributed by atoms with van der Waals surface area (Å²) in [6.07, 6.45) is 10.1. The van der Waals surface area contributed by atoms with Gasteiger partial charge < -0.3 is 9.53 Å². The van der Waals surface area contributed by atoms with Gasteiger partial charge in [-0.2, -0.15) is 0 Å². The van der Waals surface area contributed by atoms with Crippen LogP contribution in [0.15, 0.2) is 23.4 Å². The third-order valence-corrected chi connectivity index (χ3v) is 13.1. The van der Waals surface area contributed by atoms with Crippen LogP contribution in [0.25, 0.3) is 4.85 Å². The Morgan fingerprint density at radius 1 is 0.974 bits per heavy atom. The summed E-state index contributed by atoms with van der Waals surface area (Å²) < 4.78 is 5.46. The number of fused-ring (bicyclic) bond motifs is 7. The molecule has 0 N–H and O–H groups in total. The van der Waals surface area contributed by atoms with Gasteiger partial charge in [0.15, 0.2) is 11.6 Å². The van der Waals surface area contributed by atoms with E-state index in [1.807, 2.05) is 30.9 Å². The Morgan fingerprint density at radius 2 is 1.67 bits per heavy atom. The Kier molecular flexibility index (Phi) is 5.40. The van der Waals surface area contributed by atoms with Gasteiger partial charge in [-0.1, -0.05) is 60.1 Å². The molecule has 0 radical (unpaired) electrons. The van der Waals surface area contributed by atoms with Crippen molar-refractivity contribution >= 4 is 17.7 Å². The standard InChI is InChI=1S/C33H44N2O4/c1-28(2)11-13-33(35-15-16-39-27(35)38)14-12-32(7)25(20(33)18-28)22(36)17-24-30(5)19-21(34-8)26(37)29(3,4)23(30)9-10-31(24,32)6/h17,19-20,23,25H,9-16,18H2,1-7H3/t20-,23-,25-,30-,31+,32+,33-/m0/s1. The second kappa shape index (κ2) is 7.86. The quantitative estimate of drug-likeness (QED) is 0.350. The topological polar surface area (TPSA) is 68.0 Å². The number of carbonyl (C=O) groups is 3. The lowest BCUT2D eigenvalue weighted by molar-refractivity contribution is -0.171. The molecule has 1 aliphatic heterocycles. The average molecular weight is 533 g/mol. The molecule has 7 atom stereocenters. The molecule has 0 unspecified atom stereocenters. The van der Waals surface area contributed by atoms with Crippen LogP contribution in [0.2, 0.25) is 0 Å². The minimum Gasteiger partial charge on any atom is -0.448 e. The van der Waals surface area contributed by atoms with Crippen molar-refractivity contribution in [3.63, 3.8) is 0 Å². The number of hydrogen-bond acceptors (Lipinski definition) is 4. The van der Waals surface area contributed by atoms with Crippen LogP contribution in [-0.2, 0) is 14.3 Å². The van der Waals surface area contributed by atoms with Crippen LogP contribution in [0, 0.1) is 51.4 Å². The van der Waals surface area contributed by atoms with Gasteiger partial charge in [-0.15, -0.1) is 0 Å². The van der Waals surface area contributed by atoms with Crippen molar-refractivity contribution in [3.8, 4) is 0 Å². The largest absolute Gasteiger partial charge is 0.448 e. The Bertz CT molecular complexity index is 1280. The van der Waals surface area contributed by atoms with Crippen molar-refractivity contribution in [2.45, 2.75) is 99.0 Å². The van der Waals surface area contributed by atoms with Crippen molar-refractivity contribution in [1.29, 1.82) is 0 Å². The van der Waals surface area contributed by atoms with E-state index in [1.54, 1.807) is 0 Å². The number of Topliss-reactive ketones (excluding diaryl/α,β-unsaturated/α-hetero) is 1. The van der Waals surface area contributed by atoms with Gasteiger partial charge in [0.05, 0.1) is 13.1 Å². The highest BCUT2D eigenvalue weighted by Gasteiger charge is 2.71. The van der Waals surface area contributed by atoms with E-state index in [2.05, 4.69) is 39.5 Å². The molecular formula is C33H44N2O4. The molecule has 210 valence electrons. The first kappa shape index (κ1) is 26.8. The van der Waals surface area contributed by atoms with Crippen molar-refractivity contribution < 1.29 is 19.1 Å². The van der Waals surface area contributed by atoms with Crippen LogP contribution in [0.3, 0.4) is 0 Å². The number of amides is 1. The number of ketones is 2. The van der Waals surface area contributed by atoms with Gasteiger partial charge in [0.25, 0.3) is 0 Å². The lowest BCUT2D eigenvalue weighted by Crippen LogP contribution is -2.69. The molecule has 0 aromatic carbocycles. The second-order valence-corrected chi connectivity index (χ2v) is 15.6. The summed E-state index contributed by atoms with van der Waals surface area (Å²) in [6, 6.07) is 0. The van der Waals surface area contributed by atoms with Crippen molar-refractivity contribution in [1.82, 2.24) is 4.90 Å². The lowest BCUT2D eigenvalue weighted by Gasteiger charge is -2.70. The molecule has 0 bridgehead atoms. The molecule has 6 rings (SSSR count). The summed E-state index contributed by atoms with van der Waals surface area (Å²) in [4.78, 5) is 46.5. The Balaban J connectivity index is 1.52. The van der Waals surface area contributed by atoms with Crippen molar-refractivity contribution in [2.24, 2.45) is 44.8 Å². The van der Waals surface area contributed by atoms with Crippen LogP contribution in [0.4, 0.5) is 4.79 Å². The van der Waals surface area contributed by atoms with Gasteiger partial charge in [-0.3, -0.25) is 9.69 Å². The highest BCUT2D eigenvalue weighted by molar-refractivity contribution is 6.03. The molecule has 0 spiro atoms. The summed E-state index contributed by atoms with van der Waals surface area (Å²) in [5.41, 5.74) is -0.576. The third-order valence-electron chi connectivity index (χ3n) is 13.1. The molecule has 39 heavy (non-hydrogen) atoms. The molecule has 0 aromatic rings. The Morgan fingerprint density at radius 3 is 2.31 bits per heavy atom. The highest BCUT2D eigenvalue weighted by atomic mass is 16.6. The number of hydrogen-bond donors (Lipinski definition) is 0. The van der Waals surface area contributed by atoms with Crippen LogP contribution >= 0.6 is 0 Å². The SMILES string of the molecule is [C-]#[N+]C1=C[C@]2(C)C3=CC(=O)[C@@H]4[C@@H]5CC(C)(C)CC[C@]5(N5CCOC5=O)CC[C@@]4(C)[C@]3(C)CC[C@H]2C(C)(C)C1=O. The van der Waals surface area contributed by atoms with Crippen LogP contribution in [0.5, 0.6) is 0 Å².